The van der Waals surface area contributed by atoms with Crippen LogP contribution < -0.4 is 0 Å². The fourth-order valence-electron chi connectivity index (χ4n) is 3.65. The van der Waals surface area contributed by atoms with Crippen molar-refractivity contribution in [1.29, 1.82) is 0 Å². The summed E-state index contributed by atoms with van der Waals surface area (Å²) >= 11 is 0. The first kappa shape index (κ1) is 17.2. The summed E-state index contributed by atoms with van der Waals surface area (Å²) in [5.41, 5.74) is 6.43. The lowest BCUT2D eigenvalue weighted by Gasteiger charge is -2.09. The van der Waals surface area contributed by atoms with Crippen molar-refractivity contribution >= 4 is 35.2 Å². The third kappa shape index (κ3) is 3.04. The summed E-state index contributed by atoms with van der Waals surface area (Å²) in [7, 11) is 5.74. The van der Waals surface area contributed by atoms with Crippen molar-refractivity contribution in [3.05, 3.63) is 109 Å². The van der Waals surface area contributed by atoms with E-state index in [9.17, 15) is 0 Å². The molecule has 4 rings (SSSR count). The summed E-state index contributed by atoms with van der Waals surface area (Å²) in [5, 5.41) is 2.49. The van der Waals surface area contributed by atoms with Gasteiger partial charge in [-0.3, -0.25) is 0 Å². The Morgan fingerprint density at radius 3 is 2.30 bits per heavy atom. The van der Waals surface area contributed by atoms with Crippen LogP contribution in [0.5, 0.6) is 0 Å². The Hall–Kier alpha value is -3.26. The highest BCUT2D eigenvalue weighted by molar-refractivity contribution is 6.23. The fraction of sp³-hybridized carbons (Fsp3) is 0.0400. The van der Waals surface area contributed by atoms with E-state index >= 15 is 0 Å². The molecule has 1 aromatic heterocycles. The summed E-state index contributed by atoms with van der Waals surface area (Å²) in [6.45, 7) is 5.82. The van der Waals surface area contributed by atoms with Gasteiger partial charge in [-0.15, -0.1) is 12.1 Å². The van der Waals surface area contributed by atoms with E-state index in [0.29, 0.717) is 5.47 Å². The monoisotopic (exact) mass is 345 g/mol. The predicted molar refractivity (Wildman–Crippen MR) is 118 cm³/mol. The van der Waals surface area contributed by atoms with Gasteiger partial charge in [0.25, 0.3) is 0 Å². The largest absolute Gasteiger partial charge is 0.309 e. The van der Waals surface area contributed by atoms with Gasteiger partial charge in [0.05, 0.1) is 11.0 Å². The van der Waals surface area contributed by atoms with E-state index in [-0.39, 0.29) is 0 Å². The molecule has 0 saturated heterocycles. The molecule has 1 heterocycles. The average molecular weight is 345 g/mol. The van der Waals surface area contributed by atoms with E-state index in [2.05, 4.69) is 84.0 Å². The maximum atomic E-state index is 5.74. The molecule has 128 valence electrons. The average Bonchev–Trinajstić information content (AvgIpc) is 3.04. The molecule has 0 bridgehead atoms. The van der Waals surface area contributed by atoms with Crippen LogP contribution in [-0.4, -0.2) is 12.4 Å². The van der Waals surface area contributed by atoms with Gasteiger partial charge in [0.15, 0.2) is 0 Å². The van der Waals surface area contributed by atoms with Crippen LogP contribution in [0.25, 0.3) is 33.1 Å². The number of allylic oxidation sites excluding steroid dienone is 5. The minimum atomic E-state index is 0.549. The predicted octanol–water partition coefficient (Wildman–Crippen LogP) is 6.43. The molecule has 1 nitrogen and oxygen atoms in total. The van der Waals surface area contributed by atoms with Gasteiger partial charge in [-0.05, 0) is 42.3 Å². The normalized spacial score (nSPS) is 12.3. The Balaban J connectivity index is 2.09. The number of fused-ring (bicyclic) bond motifs is 3. The van der Waals surface area contributed by atoms with Crippen molar-refractivity contribution in [2.75, 3.05) is 0 Å². The zero-order valence-corrected chi connectivity index (χ0v) is 15.4. The second-order valence-electron chi connectivity index (χ2n) is 6.54. The Morgan fingerprint density at radius 2 is 1.56 bits per heavy atom. The van der Waals surface area contributed by atoms with Crippen LogP contribution in [0.15, 0.2) is 103 Å². The Morgan fingerprint density at radius 1 is 0.852 bits per heavy atom. The molecule has 0 aliphatic carbocycles. The highest BCUT2D eigenvalue weighted by atomic mass is 15.0. The van der Waals surface area contributed by atoms with Gasteiger partial charge in [0.2, 0.25) is 0 Å². The van der Waals surface area contributed by atoms with Crippen molar-refractivity contribution in [1.82, 2.24) is 4.57 Å². The quantitative estimate of drug-likeness (QED) is 0.297. The van der Waals surface area contributed by atoms with E-state index < -0.39 is 0 Å². The highest BCUT2D eigenvalue weighted by Gasteiger charge is 2.15. The molecular weight excluding hydrogens is 325 g/mol. The zero-order valence-electron chi connectivity index (χ0n) is 15.4. The number of hydrogen-bond donors (Lipinski definition) is 0. The van der Waals surface area contributed by atoms with Gasteiger partial charge >= 0.3 is 0 Å². The van der Waals surface area contributed by atoms with Crippen LogP contribution in [0.1, 0.15) is 12.5 Å². The number of rotatable bonds is 4. The second kappa shape index (κ2) is 7.16. The summed E-state index contributed by atoms with van der Waals surface area (Å²) in [4.78, 5) is 0. The topological polar surface area (TPSA) is 4.93 Å². The van der Waals surface area contributed by atoms with E-state index in [1.54, 1.807) is 0 Å². The molecule has 0 N–H and O–H groups in total. The molecule has 0 saturated carbocycles. The van der Waals surface area contributed by atoms with E-state index in [1.807, 2.05) is 25.1 Å². The molecule has 2 radical (unpaired) electrons. The Bertz CT molecular complexity index is 1190. The van der Waals surface area contributed by atoms with Gasteiger partial charge < -0.3 is 4.57 Å². The van der Waals surface area contributed by atoms with Crippen LogP contribution in [0, 0.1) is 0 Å². The van der Waals surface area contributed by atoms with E-state index in [4.69, 9.17) is 7.85 Å². The summed E-state index contributed by atoms with van der Waals surface area (Å²) in [5.74, 6) is 0. The Labute approximate surface area is 161 Å². The lowest BCUT2D eigenvalue weighted by atomic mass is 9.94. The van der Waals surface area contributed by atoms with Gasteiger partial charge in [-0.2, -0.15) is 0 Å². The van der Waals surface area contributed by atoms with Crippen LogP contribution in [-0.2, 0) is 0 Å². The van der Waals surface area contributed by atoms with E-state index in [1.165, 1.54) is 27.4 Å². The van der Waals surface area contributed by atoms with Gasteiger partial charge in [0.1, 0.15) is 7.85 Å². The maximum Gasteiger partial charge on any atom is 0.112 e. The first-order chi connectivity index (χ1) is 13.2. The van der Waals surface area contributed by atoms with Crippen LogP contribution in [0.3, 0.4) is 0 Å². The molecule has 27 heavy (non-hydrogen) atoms. The van der Waals surface area contributed by atoms with Crippen molar-refractivity contribution in [2.45, 2.75) is 6.92 Å². The van der Waals surface area contributed by atoms with E-state index in [0.717, 1.165) is 11.3 Å². The minimum Gasteiger partial charge on any atom is -0.309 e. The molecule has 0 amide bonds. The zero-order chi connectivity index (χ0) is 18.8. The molecule has 0 spiro atoms. The molecule has 0 aliphatic heterocycles. The summed E-state index contributed by atoms with van der Waals surface area (Å²) < 4.78 is 2.33. The molecule has 4 aromatic rings. The number of aromatic nitrogens is 1. The number of benzene rings is 3. The van der Waals surface area contributed by atoms with Gasteiger partial charge in [0, 0.05) is 16.5 Å². The van der Waals surface area contributed by atoms with Crippen LogP contribution in [0.2, 0.25) is 0 Å². The van der Waals surface area contributed by atoms with Crippen LogP contribution >= 0.6 is 0 Å². The Kier molecular flexibility index (Phi) is 4.56. The first-order valence-corrected chi connectivity index (χ1v) is 9.07. The molecule has 0 unspecified atom stereocenters. The third-order valence-electron chi connectivity index (χ3n) is 4.81. The smallest absolute Gasteiger partial charge is 0.112 e. The molecular formula is C25H20BN. The minimum absolute atomic E-state index is 0.549. The number of para-hydroxylation sites is 2. The summed E-state index contributed by atoms with van der Waals surface area (Å²) in [6, 6.07) is 25.5. The first-order valence-electron chi connectivity index (χ1n) is 9.07. The lowest BCUT2D eigenvalue weighted by molar-refractivity contribution is 1.18. The van der Waals surface area contributed by atoms with Gasteiger partial charge in [-0.1, -0.05) is 66.8 Å². The van der Waals surface area contributed by atoms with Crippen molar-refractivity contribution < 1.29 is 0 Å². The molecule has 0 atom stereocenters. The van der Waals surface area contributed by atoms with Crippen molar-refractivity contribution in [2.24, 2.45) is 0 Å². The SMILES string of the molecule is [B]C(=C)/C=C\C(=C/C)c1cccc2c1c1ccccc1n2-c1ccccc1. The number of nitrogens with zero attached hydrogens (tertiary/aromatic N) is 1. The lowest BCUT2D eigenvalue weighted by Crippen LogP contribution is -1.93. The highest BCUT2D eigenvalue weighted by Crippen LogP contribution is 2.36. The fourth-order valence-corrected chi connectivity index (χ4v) is 3.65. The second-order valence-corrected chi connectivity index (χ2v) is 6.54. The molecule has 2 heteroatoms. The van der Waals surface area contributed by atoms with Crippen molar-refractivity contribution in [3.8, 4) is 5.69 Å². The third-order valence-corrected chi connectivity index (χ3v) is 4.81. The molecule has 0 aliphatic rings. The molecule has 3 aromatic carbocycles. The van der Waals surface area contributed by atoms with Gasteiger partial charge in [-0.25, -0.2) is 0 Å². The maximum absolute atomic E-state index is 5.74. The summed E-state index contributed by atoms with van der Waals surface area (Å²) in [6.07, 6.45) is 6.00. The van der Waals surface area contributed by atoms with Crippen molar-refractivity contribution in [3.63, 3.8) is 0 Å². The number of hydrogen-bond acceptors (Lipinski definition) is 0. The standard InChI is InChI=1S/C25H20BN/c1-3-19(17-16-18(2)26)21-13-9-15-24-25(21)22-12-7-8-14-23(22)27(24)20-10-5-4-6-11-20/h3-17H,2H2,1H3/b17-16-,19-3+. The van der Waals surface area contributed by atoms with Crippen LogP contribution in [0.4, 0.5) is 0 Å². The molecule has 0 fully saturated rings.